The molecule has 0 radical (unpaired) electrons. The van der Waals surface area contributed by atoms with Gasteiger partial charge in [-0.15, -0.1) is 11.3 Å². The summed E-state index contributed by atoms with van der Waals surface area (Å²) >= 11 is 1.44. The summed E-state index contributed by atoms with van der Waals surface area (Å²) in [4.78, 5) is 21.9. The number of morpholine rings is 1. The molecule has 4 rings (SSSR count). The van der Waals surface area contributed by atoms with Gasteiger partial charge in [-0.2, -0.15) is 0 Å². The quantitative estimate of drug-likeness (QED) is 0.436. The van der Waals surface area contributed by atoms with Crippen molar-refractivity contribution in [2.45, 2.75) is 19.8 Å². The van der Waals surface area contributed by atoms with Crippen molar-refractivity contribution >= 4 is 17.2 Å². The number of benzene rings is 2. The zero-order valence-electron chi connectivity index (χ0n) is 19.9. The van der Waals surface area contributed by atoms with Crippen LogP contribution in [0.25, 0.3) is 0 Å². The molecule has 35 heavy (non-hydrogen) atoms. The van der Waals surface area contributed by atoms with Gasteiger partial charge in [0, 0.05) is 43.7 Å². The third-order valence-corrected chi connectivity index (χ3v) is 6.68. The minimum atomic E-state index is -0.0922. The Bertz CT molecular complexity index is 1090. The monoisotopic (exact) mass is 497 g/mol. The van der Waals surface area contributed by atoms with Gasteiger partial charge >= 0.3 is 0 Å². The number of hydrogen-bond acceptors (Lipinski definition) is 8. The summed E-state index contributed by atoms with van der Waals surface area (Å²) in [6, 6.07) is 15.1. The van der Waals surface area contributed by atoms with Crippen LogP contribution >= 0.6 is 11.3 Å². The van der Waals surface area contributed by atoms with Gasteiger partial charge in [-0.05, 0) is 29.8 Å². The van der Waals surface area contributed by atoms with E-state index in [1.54, 1.807) is 7.11 Å². The maximum atomic E-state index is 13.4. The van der Waals surface area contributed by atoms with Gasteiger partial charge < -0.3 is 24.2 Å². The highest BCUT2D eigenvalue weighted by Crippen LogP contribution is 2.30. The molecule has 1 amide bonds. The SMILES string of the molecule is COc1ccc(CN(CCN2CCOCC2)C(=O)c2ccccc2)cc1OCc1nc(CO)cs1. The Labute approximate surface area is 209 Å². The second-order valence-electron chi connectivity index (χ2n) is 8.21. The number of thiazole rings is 1. The predicted octanol–water partition coefficient (Wildman–Crippen LogP) is 3.20. The van der Waals surface area contributed by atoms with Crippen molar-refractivity contribution in [2.75, 3.05) is 46.5 Å². The van der Waals surface area contributed by atoms with Gasteiger partial charge in [0.05, 0.1) is 32.6 Å². The lowest BCUT2D eigenvalue weighted by atomic mass is 10.1. The Morgan fingerprint density at radius 1 is 1.17 bits per heavy atom. The number of amides is 1. The number of aliphatic hydroxyl groups is 1. The molecule has 9 heteroatoms. The van der Waals surface area contributed by atoms with E-state index in [1.807, 2.05) is 58.8 Å². The number of methoxy groups -OCH3 is 1. The van der Waals surface area contributed by atoms with Gasteiger partial charge in [0.15, 0.2) is 11.5 Å². The predicted molar refractivity (Wildman–Crippen MR) is 134 cm³/mol. The molecular formula is C26H31N3O5S. The average molecular weight is 498 g/mol. The molecule has 0 bridgehead atoms. The smallest absolute Gasteiger partial charge is 0.254 e. The zero-order chi connectivity index (χ0) is 24.5. The van der Waals surface area contributed by atoms with Crippen molar-refractivity contribution in [3.63, 3.8) is 0 Å². The molecular weight excluding hydrogens is 466 g/mol. The number of aromatic nitrogens is 1. The molecule has 1 N–H and O–H groups in total. The highest BCUT2D eigenvalue weighted by Gasteiger charge is 2.19. The number of hydrogen-bond donors (Lipinski definition) is 1. The molecule has 186 valence electrons. The zero-order valence-corrected chi connectivity index (χ0v) is 20.7. The summed E-state index contributed by atoms with van der Waals surface area (Å²) in [6.07, 6.45) is 0. The molecule has 1 aromatic heterocycles. The molecule has 0 saturated carbocycles. The molecule has 2 heterocycles. The number of rotatable bonds is 11. The fourth-order valence-electron chi connectivity index (χ4n) is 3.88. The average Bonchev–Trinajstić information content (AvgIpc) is 3.39. The fraction of sp³-hybridized carbons (Fsp3) is 0.385. The highest BCUT2D eigenvalue weighted by molar-refractivity contribution is 7.09. The van der Waals surface area contributed by atoms with E-state index in [2.05, 4.69) is 9.88 Å². The minimum Gasteiger partial charge on any atom is -0.493 e. The lowest BCUT2D eigenvalue weighted by Crippen LogP contribution is -2.42. The van der Waals surface area contributed by atoms with Crippen LogP contribution in [0, 0.1) is 0 Å². The van der Waals surface area contributed by atoms with Crippen molar-refractivity contribution in [1.29, 1.82) is 0 Å². The van der Waals surface area contributed by atoms with E-state index in [-0.39, 0.29) is 19.1 Å². The standard InChI is InChI=1S/C26H31N3O5S/c1-32-23-8-7-20(15-24(23)34-18-25-27-22(17-30)19-35-25)16-29(10-9-28-11-13-33-14-12-28)26(31)21-5-3-2-4-6-21/h2-8,15,19,30H,9-14,16-18H2,1H3. The van der Waals surface area contributed by atoms with Gasteiger partial charge in [-0.25, -0.2) is 4.98 Å². The third-order valence-electron chi connectivity index (χ3n) is 5.81. The van der Waals surface area contributed by atoms with Gasteiger partial charge in [-0.1, -0.05) is 24.3 Å². The van der Waals surface area contributed by atoms with Crippen LogP contribution < -0.4 is 9.47 Å². The van der Waals surface area contributed by atoms with Crippen molar-refractivity contribution < 1.29 is 24.1 Å². The molecule has 1 saturated heterocycles. The molecule has 1 aliphatic heterocycles. The van der Waals surface area contributed by atoms with E-state index in [0.29, 0.717) is 35.8 Å². The van der Waals surface area contributed by atoms with Crippen molar-refractivity contribution in [3.05, 3.63) is 75.7 Å². The Balaban J connectivity index is 1.49. The van der Waals surface area contributed by atoms with E-state index in [4.69, 9.17) is 14.2 Å². The van der Waals surface area contributed by atoms with Gasteiger partial charge in [0.2, 0.25) is 0 Å². The summed E-state index contributed by atoms with van der Waals surface area (Å²) in [5.41, 5.74) is 2.25. The number of carbonyl (C=O) groups is 1. The molecule has 1 fully saturated rings. The first kappa shape index (κ1) is 25.1. The van der Waals surface area contributed by atoms with Crippen LogP contribution in [-0.2, 0) is 24.5 Å². The van der Waals surface area contributed by atoms with Crippen LogP contribution in [0.4, 0.5) is 0 Å². The van der Waals surface area contributed by atoms with Crippen LogP contribution in [0.5, 0.6) is 11.5 Å². The highest BCUT2D eigenvalue weighted by atomic mass is 32.1. The lowest BCUT2D eigenvalue weighted by Gasteiger charge is -2.30. The Morgan fingerprint density at radius 3 is 2.69 bits per heavy atom. The molecule has 0 spiro atoms. The largest absolute Gasteiger partial charge is 0.493 e. The first-order valence-corrected chi connectivity index (χ1v) is 12.5. The first-order valence-electron chi connectivity index (χ1n) is 11.6. The maximum absolute atomic E-state index is 13.4. The van der Waals surface area contributed by atoms with Crippen molar-refractivity contribution in [2.24, 2.45) is 0 Å². The van der Waals surface area contributed by atoms with Gasteiger partial charge in [0.25, 0.3) is 5.91 Å². The van der Waals surface area contributed by atoms with Gasteiger partial charge in [-0.3, -0.25) is 9.69 Å². The maximum Gasteiger partial charge on any atom is 0.254 e. The Morgan fingerprint density at radius 2 is 1.97 bits per heavy atom. The molecule has 8 nitrogen and oxygen atoms in total. The number of carbonyl (C=O) groups excluding carboxylic acids is 1. The fourth-order valence-corrected chi connectivity index (χ4v) is 4.58. The van der Waals surface area contributed by atoms with Crippen molar-refractivity contribution in [3.8, 4) is 11.5 Å². The summed E-state index contributed by atoms with van der Waals surface area (Å²) in [6.45, 7) is 5.24. The van der Waals surface area contributed by atoms with E-state index in [9.17, 15) is 9.90 Å². The summed E-state index contributed by atoms with van der Waals surface area (Å²) < 4.78 is 16.9. The summed E-state index contributed by atoms with van der Waals surface area (Å²) in [7, 11) is 1.60. The van der Waals surface area contributed by atoms with E-state index in [1.165, 1.54) is 11.3 Å². The van der Waals surface area contributed by atoms with Crippen LogP contribution in [0.2, 0.25) is 0 Å². The molecule has 0 aliphatic carbocycles. The minimum absolute atomic E-state index is 0.00327. The lowest BCUT2D eigenvalue weighted by molar-refractivity contribution is 0.0320. The second kappa shape index (κ2) is 12.6. The van der Waals surface area contributed by atoms with E-state index < -0.39 is 0 Å². The second-order valence-corrected chi connectivity index (χ2v) is 9.15. The molecule has 3 aromatic rings. The molecule has 0 atom stereocenters. The van der Waals surface area contributed by atoms with Crippen molar-refractivity contribution in [1.82, 2.24) is 14.8 Å². The normalized spacial score (nSPS) is 14.0. The summed E-state index contributed by atoms with van der Waals surface area (Å²) in [5.74, 6) is 1.20. The topological polar surface area (TPSA) is 84.4 Å². The van der Waals surface area contributed by atoms with Crippen LogP contribution in [0.15, 0.2) is 53.9 Å². The van der Waals surface area contributed by atoms with E-state index in [0.717, 1.165) is 43.4 Å². The van der Waals surface area contributed by atoms with Crippen LogP contribution in [0.1, 0.15) is 26.6 Å². The van der Waals surface area contributed by atoms with Gasteiger partial charge in [0.1, 0.15) is 11.6 Å². The third kappa shape index (κ3) is 7.02. The molecule has 1 aliphatic rings. The molecule has 0 unspecified atom stereocenters. The number of aliphatic hydroxyl groups excluding tert-OH is 1. The number of nitrogens with zero attached hydrogens (tertiary/aromatic N) is 3. The Hall–Kier alpha value is -2.98. The number of ether oxygens (including phenoxy) is 3. The Kier molecular flexibility index (Phi) is 9.08. The van der Waals surface area contributed by atoms with E-state index >= 15 is 0 Å². The first-order chi connectivity index (χ1) is 17.2. The summed E-state index contributed by atoms with van der Waals surface area (Å²) in [5, 5.41) is 11.8. The van der Waals surface area contributed by atoms with Crippen LogP contribution in [-0.4, -0.2) is 72.3 Å². The molecule has 2 aromatic carbocycles. The van der Waals surface area contributed by atoms with Crippen LogP contribution in [0.3, 0.4) is 0 Å².